The molecule has 1 N–H and O–H groups in total. The molecule has 0 bridgehead atoms. The number of aryl methyl sites for hydroxylation is 3. The fourth-order valence-corrected chi connectivity index (χ4v) is 4.91. The minimum atomic E-state index is 0.234. The highest BCUT2D eigenvalue weighted by Crippen LogP contribution is 2.37. The second-order valence-electron chi connectivity index (χ2n) is 5.40. The summed E-state index contributed by atoms with van der Waals surface area (Å²) < 4.78 is 3.12. The van der Waals surface area contributed by atoms with Gasteiger partial charge in [0.15, 0.2) is 0 Å². The molecule has 112 valence electrons. The van der Waals surface area contributed by atoms with Gasteiger partial charge in [0.25, 0.3) is 0 Å². The van der Waals surface area contributed by atoms with Crippen LogP contribution in [0.4, 0.5) is 5.69 Å². The molecule has 1 nitrogen and oxygen atoms in total. The Morgan fingerprint density at radius 1 is 0.810 bits per heavy atom. The van der Waals surface area contributed by atoms with E-state index in [0.717, 1.165) is 19.1 Å². The van der Waals surface area contributed by atoms with E-state index in [2.05, 4.69) is 92.9 Å². The van der Waals surface area contributed by atoms with E-state index in [4.69, 9.17) is 0 Å². The second kappa shape index (κ2) is 6.84. The first-order valence-corrected chi connectivity index (χ1v) is 9.16. The molecular formula is C17H18Br3N. The second-order valence-corrected chi connectivity index (χ2v) is 8.03. The Morgan fingerprint density at radius 3 is 1.90 bits per heavy atom. The number of nitrogens with one attached hydrogen (secondary N) is 1. The maximum absolute atomic E-state index is 3.62. The normalized spacial score (nSPS) is 12.3. The average Bonchev–Trinajstić information content (AvgIpc) is 2.37. The Kier molecular flexibility index (Phi) is 5.55. The fourth-order valence-electron chi connectivity index (χ4n) is 2.42. The van der Waals surface area contributed by atoms with Crippen LogP contribution in [-0.2, 0) is 0 Å². The van der Waals surface area contributed by atoms with Gasteiger partial charge >= 0.3 is 0 Å². The first-order chi connectivity index (χ1) is 9.79. The van der Waals surface area contributed by atoms with Gasteiger partial charge in [-0.15, -0.1) is 0 Å². The molecule has 0 aliphatic rings. The Balaban J connectivity index is 2.35. The van der Waals surface area contributed by atoms with Crippen molar-refractivity contribution in [2.45, 2.75) is 33.7 Å². The first-order valence-electron chi connectivity index (χ1n) is 6.78. The molecule has 0 saturated heterocycles. The summed E-state index contributed by atoms with van der Waals surface area (Å²) in [7, 11) is 0. The van der Waals surface area contributed by atoms with Gasteiger partial charge in [0.05, 0.1) is 5.69 Å². The molecular weight excluding hydrogens is 458 g/mol. The van der Waals surface area contributed by atoms with Crippen LogP contribution in [-0.4, -0.2) is 0 Å². The lowest BCUT2D eigenvalue weighted by Gasteiger charge is -2.21. The molecule has 2 aromatic rings. The molecule has 1 unspecified atom stereocenters. The van der Waals surface area contributed by atoms with E-state index in [1.165, 1.54) is 22.3 Å². The molecule has 4 heteroatoms. The Morgan fingerprint density at radius 2 is 1.33 bits per heavy atom. The van der Waals surface area contributed by atoms with E-state index < -0.39 is 0 Å². The topological polar surface area (TPSA) is 12.0 Å². The molecule has 2 aromatic carbocycles. The van der Waals surface area contributed by atoms with Crippen LogP contribution in [0.15, 0.2) is 37.7 Å². The molecule has 0 saturated carbocycles. The predicted molar refractivity (Wildman–Crippen MR) is 102 cm³/mol. The third kappa shape index (κ3) is 3.91. The lowest BCUT2D eigenvalue weighted by atomic mass is 9.96. The highest BCUT2D eigenvalue weighted by molar-refractivity contribution is 9.11. The minimum Gasteiger partial charge on any atom is -0.377 e. The van der Waals surface area contributed by atoms with Gasteiger partial charge in [0.2, 0.25) is 0 Å². The number of benzene rings is 2. The summed E-state index contributed by atoms with van der Waals surface area (Å²) in [5.74, 6) is 0. The summed E-state index contributed by atoms with van der Waals surface area (Å²) in [6, 6.07) is 8.87. The van der Waals surface area contributed by atoms with Crippen molar-refractivity contribution in [2.75, 3.05) is 5.32 Å². The summed E-state index contributed by atoms with van der Waals surface area (Å²) in [5.41, 5.74) is 6.40. The maximum Gasteiger partial charge on any atom is 0.0634 e. The number of halogens is 3. The van der Waals surface area contributed by atoms with Gasteiger partial charge in [-0.1, -0.05) is 28.1 Å². The number of anilines is 1. The first kappa shape index (κ1) is 17.0. The van der Waals surface area contributed by atoms with Gasteiger partial charge in [-0.3, -0.25) is 0 Å². The summed E-state index contributed by atoms with van der Waals surface area (Å²) in [6.07, 6.45) is 0. The third-order valence-electron chi connectivity index (χ3n) is 3.72. The van der Waals surface area contributed by atoms with E-state index in [-0.39, 0.29) is 6.04 Å². The fraction of sp³-hybridized carbons (Fsp3) is 0.294. The molecule has 0 aliphatic heterocycles. The van der Waals surface area contributed by atoms with Gasteiger partial charge < -0.3 is 5.32 Å². The SMILES string of the molecule is Cc1cc(C)c(C(C)Nc2c(Br)cc(Br)cc2Br)cc1C. The maximum atomic E-state index is 3.62. The quantitative estimate of drug-likeness (QED) is 0.500. The van der Waals surface area contributed by atoms with Crippen molar-refractivity contribution < 1.29 is 0 Å². The molecule has 2 rings (SSSR count). The van der Waals surface area contributed by atoms with Gasteiger partial charge in [0, 0.05) is 19.5 Å². The van der Waals surface area contributed by atoms with Crippen LogP contribution in [0.25, 0.3) is 0 Å². The summed E-state index contributed by atoms with van der Waals surface area (Å²) in [6.45, 7) is 8.69. The van der Waals surface area contributed by atoms with E-state index in [0.29, 0.717) is 0 Å². The molecule has 0 amide bonds. The Labute approximate surface area is 151 Å². The summed E-state index contributed by atoms with van der Waals surface area (Å²) in [4.78, 5) is 0. The van der Waals surface area contributed by atoms with Gasteiger partial charge in [0.1, 0.15) is 0 Å². The van der Waals surface area contributed by atoms with Crippen molar-refractivity contribution in [1.82, 2.24) is 0 Å². The summed E-state index contributed by atoms with van der Waals surface area (Å²) in [5, 5.41) is 3.59. The zero-order chi connectivity index (χ0) is 15.7. The number of hydrogen-bond acceptors (Lipinski definition) is 1. The van der Waals surface area contributed by atoms with Gasteiger partial charge in [-0.25, -0.2) is 0 Å². The van der Waals surface area contributed by atoms with Crippen LogP contribution in [0.5, 0.6) is 0 Å². The lowest BCUT2D eigenvalue weighted by molar-refractivity contribution is 0.868. The molecule has 0 aromatic heterocycles. The molecule has 0 aliphatic carbocycles. The predicted octanol–water partition coefficient (Wildman–Crippen LogP) is 7.07. The average molecular weight is 476 g/mol. The molecule has 0 radical (unpaired) electrons. The third-order valence-corrected chi connectivity index (χ3v) is 5.43. The van der Waals surface area contributed by atoms with E-state index >= 15 is 0 Å². The smallest absolute Gasteiger partial charge is 0.0634 e. The van der Waals surface area contributed by atoms with Crippen LogP contribution >= 0.6 is 47.8 Å². The molecule has 1 atom stereocenters. The van der Waals surface area contributed by atoms with E-state index in [1.54, 1.807) is 0 Å². The van der Waals surface area contributed by atoms with Crippen molar-refractivity contribution in [3.8, 4) is 0 Å². The van der Waals surface area contributed by atoms with Crippen LogP contribution in [0, 0.1) is 20.8 Å². The zero-order valence-electron chi connectivity index (χ0n) is 12.5. The largest absolute Gasteiger partial charge is 0.377 e. The Bertz CT molecular complexity index is 657. The molecule has 0 heterocycles. The summed E-state index contributed by atoms with van der Waals surface area (Å²) >= 11 is 10.7. The van der Waals surface area contributed by atoms with E-state index in [1.807, 2.05) is 12.1 Å². The van der Waals surface area contributed by atoms with Crippen LogP contribution in [0.2, 0.25) is 0 Å². The van der Waals surface area contributed by atoms with Gasteiger partial charge in [-0.05, 0) is 93.9 Å². The number of rotatable bonds is 3. The standard InChI is InChI=1S/C17H18Br3N/c1-9-5-11(3)14(6-10(9)2)12(4)21-17-15(19)7-13(18)8-16(17)20/h5-8,12,21H,1-4H3. The van der Waals surface area contributed by atoms with Crippen molar-refractivity contribution in [2.24, 2.45) is 0 Å². The van der Waals surface area contributed by atoms with Crippen LogP contribution in [0.3, 0.4) is 0 Å². The molecule has 0 spiro atoms. The van der Waals surface area contributed by atoms with Crippen LogP contribution < -0.4 is 5.32 Å². The monoisotopic (exact) mass is 473 g/mol. The number of hydrogen-bond donors (Lipinski definition) is 1. The Hall–Kier alpha value is -0.320. The lowest BCUT2D eigenvalue weighted by Crippen LogP contribution is -2.10. The zero-order valence-corrected chi connectivity index (χ0v) is 17.3. The molecule has 21 heavy (non-hydrogen) atoms. The highest BCUT2D eigenvalue weighted by atomic mass is 79.9. The van der Waals surface area contributed by atoms with Crippen molar-refractivity contribution >= 4 is 53.5 Å². The van der Waals surface area contributed by atoms with Gasteiger partial charge in [-0.2, -0.15) is 0 Å². The van der Waals surface area contributed by atoms with Crippen LogP contribution in [0.1, 0.15) is 35.2 Å². The van der Waals surface area contributed by atoms with Crippen molar-refractivity contribution in [3.63, 3.8) is 0 Å². The van der Waals surface area contributed by atoms with E-state index in [9.17, 15) is 0 Å². The van der Waals surface area contributed by atoms with Crippen molar-refractivity contribution in [1.29, 1.82) is 0 Å². The minimum absolute atomic E-state index is 0.234. The highest BCUT2D eigenvalue weighted by Gasteiger charge is 2.14. The molecule has 0 fully saturated rings. The van der Waals surface area contributed by atoms with Crippen molar-refractivity contribution in [3.05, 3.63) is 59.9 Å².